The van der Waals surface area contributed by atoms with Crippen LogP contribution in [0.3, 0.4) is 0 Å². The van der Waals surface area contributed by atoms with Gasteiger partial charge < -0.3 is 0 Å². The van der Waals surface area contributed by atoms with Gasteiger partial charge in [0.25, 0.3) is 10.0 Å². The average Bonchev–Trinajstić information content (AvgIpc) is 2.41. The van der Waals surface area contributed by atoms with Crippen LogP contribution in [-0.2, 0) is 15.4 Å². The number of sulfonamides is 1. The fourth-order valence-corrected chi connectivity index (χ4v) is 3.03. The Hall–Kier alpha value is -1.11. The second-order valence-corrected chi connectivity index (χ2v) is 6.37. The Labute approximate surface area is 125 Å². The summed E-state index contributed by atoms with van der Waals surface area (Å²) in [5.74, 6) is 0.119. The molecule has 2 aromatic rings. The monoisotopic (exact) mass is 360 g/mol. The van der Waals surface area contributed by atoms with Gasteiger partial charge in [-0.3, -0.25) is 4.72 Å². The third kappa shape index (κ3) is 3.46. The summed E-state index contributed by atoms with van der Waals surface area (Å²) in [4.78, 5) is 4.06. The van der Waals surface area contributed by atoms with E-state index in [9.17, 15) is 8.42 Å². The predicted molar refractivity (Wildman–Crippen MR) is 79.1 cm³/mol. The molecule has 7 heteroatoms. The van der Waals surface area contributed by atoms with Crippen LogP contribution in [0.25, 0.3) is 0 Å². The van der Waals surface area contributed by atoms with Crippen molar-refractivity contribution in [1.29, 1.82) is 0 Å². The predicted octanol–water partition coefficient (Wildman–Crippen LogP) is 3.43. The Bertz CT molecular complexity index is 674. The van der Waals surface area contributed by atoms with Crippen LogP contribution in [0.1, 0.15) is 5.56 Å². The Kier molecular flexibility index (Phi) is 4.44. The molecule has 0 aliphatic carbocycles. The highest BCUT2D eigenvalue weighted by atomic mass is 79.9. The molecule has 19 heavy (non-hydrogen) atoms. The summed E-state index contributed by atoms with van der Waals surface area (Å²) < 4.78 is 26.6. The molecule has 2 rings (SSSR count). The molecule has 0 bridgehead atoms. The number of aromatic nitrogens is 1. The van der Waals surface area contributed by atoms with E-state index < -0.39 is 10.0 Å². The molecule has 0 atom stereocenters. The van der Waals surface area contributed by atoms with E-state index in [-0.39, 0.29) is 15.7 Å². The number of benzene rings is 1. The van der Waals surface area contributed by atoms with Gasteiger partial charge >= 0.3 is 0 Å². The third-order valence-electron chi connectivity index (χ3n) is 2.38. The van der Waals surface area contributed by atoms with Gasteiger partial charge in [-0.05, 0) is 29.8 Å². The van der Waals surface area contributed by atoms with Crippen molar-refractivity contribution < 1.29 is 8.42 Å². The van der Waals surface area contributed by atoms with Crippen LogP contribution in [0.15, 0.2) is 47.5 Å². The van der Waals surface area contributed by atoms with Crippen LogP contribution >= 0.6 is 27.5 Å². The molecule has 0 saturated heterocycles. The SMILES string of the molecule is O=S(=O)(Nc1ncccc1Cl)c1ccc(CBr)cc1. The van der Waals surface area contributed by atoms with Gasteiger partial charge in [0.15, 0.2) is 5.82 Å². The molecule has 0 saturated carbocycles. The van der Waals surface area contributed by atoms with Gasteiger partial charge in [0, 0.05) is 11.5 Å². The standard InChI is InChI=1S/C12H10BrClN2O2S/c13-8-9-3-5-10(6-4-9)19(17,18)16-12-11(14)2-1-7-15-12/h1-7H,8H2,(H,15,16). The molecule has 100 valence electrons. The van der Waals surface area contributed by atoms with Gasteiger partial charge in [0.05, 0.1) is 9.92 Å². The first-order valence-corrected chi connectivity index (χ1v) is 8.29. The minimum Gasteiger partial charge on any atom is -0.262 e. The lowest BCUT2D eigenvalue weighted by molar-refractivity contribution is 0.601. The molecule has 0 amide bonds. The van der Waals surface area contributed by atoms with E-state index in [0.717, 1.165) is 5.56 Å². The number of halogens is 2. The molecule has 0 fully saturated rings. The van der Waals surface area contributed by atoms with E-state index in [1.807, 2.05) is 0 Å². The summed E-state index contributed by atoms with van der Waals surface area (Å²) in [5, 5.41) is 0.926. The second kappa shape index (κ2) is 5.90. The number of hydrogen-bond donors (Lipinski definition) is 1. The molecular formula is C12H10BrClN2O2S. The molecule has 0 unspecified atom stereocenters. The molecule has 1 heterocycles. The van der Waals surface area contributed by atoms with Gasteiger partial charge in [0.1, 0.15) is 0 Å². The zero-order valence-corrected chi connectivity index (χ0v) is 12.8. The number of rotatable bonds is 4. The van der Waals surface area contributed by atoms with Crippen molar-refractivity contribution in [1.82, 2.24) is 4.98 Å². The first kappa shape index (κ1) is 14.3. The quantitative estimate of drug-likeness (QED) is 0.849. The summed E-state index contributed by atoms with van der Waals surface area (Å²) >= 11 is 9.17. The Morgan fingerprint density at radius 2 is 1.89 bits per heavy atom. The van der Waals surface area contributed by atoms with E-state index in [0.29, 0.717) is 5.33 Å². The highest BCUT2D eigenvalue weighted by molar-refractivity contribution is 9.08. The lowest BCUT2D eigenvalue weighted by Gasteiger charge is -2.08. The first-order valence-electron chi connectivity index (χ1n) is 5.31. The molecule has 4 nitrogen and oxygen atoms in total. The maximum Gasteiger partial charge on any atom is 0.263 e. The summed E-state index contributed by atoms with van der Waals surface area (Å²) in [6.45, 7) is 0. The lowest BCUT2D eigenvalue weighted by atomic mass is 10.2. The normalized spacial score (nSPS) is 11.3. The first-order chi connectivity index (χ1) is 9.03. The number of nitrogens with zero attached hydrogens (tertiary/aromatic N) is 1. The largest absolute Gasteiger partial charge is 0.263 e. The molecule has 1 N–H and O–H groups in total. The number of pyridine rings is 1. The molecule has 0 spiro atoms. The highest BCUT2D eigenvalue weighted by Crippen LogP contribution is 2.21. The topological polar surface area (TPSA) is 59.1 Å². The minimum absolute atomic E-state index is 0.119. The van der Waals surface area contributed by atoms with E-state index in [1.54, 1.807) is 24.3 Å². The maximum absolute atomic E-state index is 12.1. The Morgan fingerprint density at radius 1 is 1.21 bits per heavy atom. The maximum atomic E-state index is 12.1. The van der Waals surface area contributed by atoms with Crippen LogP contribution in [0.2, 0.25) is 5.02 Å². The van der Waals surface area contributed by atoms with Crippen molar-refractivity contribution in [2.75, 3.05) is 4.72 Å². The molecular weight excluding hydrogens is 352 g/mol. The number of hydrogen-bond acceptors (Lipinski definition) is 3. The van der Waals surface area contributed by atoms with Crippen molar-refractivity contribution in [3.05, 3.63) is 53.2 Å². The number of nitrogens with one attached hydrogen (secondary N) is 1. The highest BCUT2D eigenvalue weighted by Gasteiger charge is 2.16. The molecule has 1 aromatic heterocycles. The summed E-state index contributed by atoms with van der Waals surface area (Å²) in [6.07, 6.45) is 1.47. The Morgan fingerprint density at radius 3 is 2.47 bits per heavy atom. The number of anilines is 1. The minimum atomic E-state index is -3.67. The molecule has 0 radical (unpaired) electrons. The lowest BCUT2D eigenvalue weighted by Crippen LogP contribution is -2.14. The van der Waals surface area contributed by atoms with Crippen molar-refractivity contribution in [2.45, 2.75) is 10.2 Å². The molecule has 1 aromatic carbocycles. The molecule has 0 aliphatic rings. The zero-order valence-electron chi connectivity index (χ0n) is 9.68. The van der Waals surface area contributed by atoms with Crippen molar-refractivity contribution in [3.8, 4) is 0 Å². The second-order valence-electron chi connectivity index (χ2n) is 3.72. The Balaban J connectivity index is 2.30. The smallest absolute Gasteiger partial charge is 0.262 e. The van der Waals surface area contributed by atoms with E-state index >= 15 is 0 Å². The van der Waals surface area contributed by atoms with E-state index in [4.69, 9.17) is 11.6 Å². The van der Waals surface area contributed by atoms with Crippen LogP contribution in [0.4, 0.5) is 5.82 Å². The fraction of sp³-hybridized carbons (Fsp3) is 0.0833. The van der Waals surface area contributed by atoms with Gasteiger partial charge in [-0.15, -0.1) is 0 Å². The summed E-state index contributed by atoms with van der Waals surface area (Å²) in [5.41, 5.74) is 0.995. The van der Waals surface area contributed by atoms with Gasteiger partial charge in [0.2, 0.25) is 0 Å². The van der Waals surface area contributed by atoms with Crippen molar-refractivity contribution in [3.63, 3.8) is 0 Å². The third-order valence-corrected chi connectivity index (χ3v) is 4.68. The van der Waals surface area contributed by atoms with Crippen LogP contribution in [-0.4, -0.2) is 13.4 Å². The summed E-state index contributed by atoms with van der Waals surface area (Å²) in [7, 11) is -3.67. The molecule has 0 aliphatic heterocycles. The zero-order chi connectivity index (χ0) is 13.9. The average molecular weight is 362 g/mol. The van der Waals surface area contributed by atoms with Crippen LogP contribution < -0.4 is 4.72 Å². The van der Waals surface area contributed by atoms with Gasteiger partial charge in [-0.25, -0.2) is 13.4 Å². The van der Waals surface area contributed by atoms with Crippen LogP contribution in [0, 0.1) is 0 Å². The van der Waals surface area contributed by atoms with Crippen molar-refractivity contribution >= 4 is 43.4 Å². The summed E-state index contributed by atoms with van der Waals surface area (Å²) in [6, 6.07) is 9.75. The van der Waals surface area contributed by atoms with E-state index in [1.165, 1.54) is 18.3 Å². The fourth-order valence-electron chi connectivity index (χ4n) is 1.40. The number of alkyl halides is 1. The van der Waals surface area contributed by atoms with E-state index in [2.05, 4.69) is 25.6 Å². The van der Waals surface area contributed by atoms with Gasteiger partial charge in [-0.1, -0.05) is 39.7 Å². The van der Waals surface area contributed by atoms with Gasteiger partial charge in [-0.2, -0.15) is 0 Å². The van der Waals surface area contributed by atoms with Crippen LogP contribution in [0.5, 0.6) is 0 Å². The van der Waals surface area contributed by atoms with Crippen molar-refractivity contribution in [2.24, 2.45) is 0 Å².